The number of rotatable bonds is 7. The van der Waals surface area contributed by atoms with Gasteiger partial charge in [0.1, 0.15) is 6.67 Å². The maximum atomic E-state index is 12.5. The molecule has 3 aromatic heterocycles. The number of ketones is 1. The van der Waals surface area contributed by atoms with Crippen molar-refractivity contribution in [3.63, 3.8) is 0 Å². The molecule has 0 bridgehead atoms. The van der Waals surface area contributed by atoms with Gasteiger partial charge < -0.3 is 0 Å². The Balaban J connectivity index is 1.40. The molecule has 0 aliphatic carbocycles. The molecule has 0 unspecified atom stereocenters. The van der Waals surface area contributed by atoms with E-state index in [-0.39, 0.29) is 12.5 Å². The summed E-state index contributed by atoms with van der Waals surface area (Å²) in [5, 5.41) is 5.17. The van der Waals surface area contributed by atoms with Gasteiger partial charge in [-0.2, -0.15) is 5.10 Å². The lowest BCUT2D eigenvalue weighted by molar-refractivity contribution is -0.120. The maximum absolute atomic E-state index is 12.5. The number of Topliss-reactive ketones (excluding diaryl/α,β-unsaturated/α-hetero) is 1. The Hall–Kier alpha value is -2.71. The molecule has 4 rings (SSSR count). The van der Waals surface area contributed by atoms with Gasteiger partial charge in [-0.15, -0.1) is 0 Å². The summed E-state index contributed by atoms with van der Waals surface area (Å²) in [5.74, 6) is 0.146. The first-order chi connectivity index (χ1) is 14.1. The molecule has 0 amide bonds. The van der Waals surface area contributed by atoms with Crippen molar-refractivity contribution >= 4 is 16.7 Å². The molecule has 1 saturated heterocycles. The zero-order valence-corrected chi connectivity index (χ0v) is 16.6. The van der Waals surface area contributed by atoms with E-state index in [0.717, 1.165) is 53.9 Å². The first-order valence-electron chi connectivity index (χ1n) is 9.87. The molecule has 8 heteroatoms. The van der Waals surface area contributed by atoms with Crippen LogP contribution in [0.3, 0.4) is 0 Å². The molecule has 7 nitrogen and oxygen atoms in total. The van der Waals surface area contributed by atoms with Gasteiger partial charge in [0.25, 0.3) is 0 Å². The molecular formula is C21H25FN6O. The summed E-state index contributed by atoms with van der Waals surface area (Å²) in [6.45, 7) is 3.81. The fourth-order valence-corrected chi connectivity index (χ4v) is 3.70. The van der Waals surface area contributed by atoms with Crippen LogP contribution >= 0.6 is 0 Å². The van der Waals surface area contributed by atoms with Crippen LogP contribution in [-0.4, -0.2) is 81.3 Å². The third kappa shape index (κ3) is 4.83. The number of pyridine rings is 2. The Morgan fingerprint density at radius 3 is 2.55 bits per heavy atom. The Kier molecular flexibility index (Phi) is 5.92. The number of piperazine rings is 1. The number of hydrogen-bond acceptors (Lipinski definition) is 6. The summed E-state index contributed by atoms with van der Waals surface area (Å²) >= 11 is 0. The van der Waals surface area contributed by atoms with Gasteiger partial charge >= 0.3 is 0 Å². The van der Waals surface area contributed by atoms with E-state index in [4.69, 9.17) is 0 Å². The van der Waals surface area contributed by atoms with Crippen LogP contribution < -0.4 is 0 Å². The van der Waals surface area contributed by atoms with Gasteiger partial charge in [0, 0.05) is 74.4 Å². The van der Waals surface area contributed by atoms with Crippen LogP contribution in [0.4, 0.5) is 4.39 Å². The van der Waals surface area contributed by atoms with Crippen LogP contribution in [0, 0.1) is 0 Å². The molecule has 0 N–H and O–H groups in total. The summed E-state index contributed by atoms with van der Waals surface area (Å²) in [4.78, 5) is 25.7. The molecule has 1 aliphatic rings. The van der Waals surface area contributed by atoms with Gasteiger partial charge in [0.15, 0.2) is 5.78 Å². The second kappa shape index (κ2) is 8.75. The molecule has 4 heterocycles. The first-order valence-corrected chi connectivity index (χ1v) is 9.87. The van der Waals surface area contributed by atoms with E-state index in [1.807, 2.05) is 31.7 Å². The maximum Gasteiger partial charge on any atom is 0.152 e. The molecule has 0 atom stereocenters. The van der Waals surface area contributed by atoms with Crippen LogP contribution in [-0.2, 0) is 18.3 Å². The second-order valence-corrected chi connectivity index (χ2v) is 7.52. The lowest BCUT2D eigenvalue weighted by atomic mass is 10.1. The highest BCUT2D eigenvalue weighted by Crippen LogP contribution is 2.22. The summed E-state index contributed by atoms with van der Waals surface area (Å²) in [7, 11) is 1.88. The van der Waals surface area contributed by atoms with Crippen LogP contribution in [0.1, 0.15) is 5.69 Å². The lowest BCUT2D eigenvalue weighted by Gasteiger charge is -2.33. The van der Waals surface area contributed by atoms with Gasteiger partial charge in [-0.25, -0.2) is 4.39 Å². The molecule has 0 saturated carbocycles. The highest BCUT2D eigenvalue weighted by Gasteiger charge is 2.19. The van der Waals surface area contributed by atoms with E-state index in [0.29, 0.717) is 19.5 Å². The number of aromatic nitrogens is 4. The fourth-order valence-electron chi connectivity index (χ4n) is 3.70. The predicted octanol–water partition coefficient (Wildman–Crippen LogP) is 1.73. The van der Waals surface area contributed by atoms with Crippen LogP contribution in [0.25, 0.3) is 22.0 Å². The quantitative estimate of drug-likeness (QED) is 0.606. The molecular weight excluding hydrogens is 371 g/mol. The van der Waals surface area contributed by atoms with Gasteiger partial charge in [-0.3, -0.25) is 29.2 Å². The molecule has 1 aliphatic heterocycles. The third-order valence-electron chi connectivity index (χ3n) is 5.31. The zero-order valence-electron chi connectivity index (χ0n) is 16.6. The summed E-state index contributed by atoms with van der Waals surface area (Å²) in [6.07, 6.45) is 7.59. The summed E-state index contributed by atoms with van der Waals surface area (Å²) < 4.78 is 14.2. The van der Waals surface area contributed by atoms with Gasteiger partial charge in [0.2, 0.25) is 0 Å². The molecule has 0 aromatic carbocycles. The number of carbonyl (C=O) groups is 1. The Bertz CT molecular complexity index is 996. The molecule has 0 spiro atoms. The van der Waals surface area contributed by atoms with Crippen LogP contribution in [0.2, 0.25) is 0 Å². The van der Waals surface area contributed by atoms with E-state index in [1.165, 1.54) is 0 Å². The third-order valence-corrected chi connectivity index (χ3v) is 5.31. The molecule has 0 radical (unpaired) electrons. The number of nitrogens with zero attached hydrogens (tertiary/aromatic N) is 6. The van der Waals surface area contributed by atoms with Crippen molar-refractivity contribution in [2.45, 2.75) is 6.42 Å². The lowest BCUT2D eigenvalue weighted by Crippen LogP contribution is -2.48. The molecule has 152 valence electrons. The molecule has 1 fully saturated rings. The van der Waals surface area contributed by atoms with E-state index in [9.17, 15) is 9.18 Å². The molecule has 3 aromatic rings. The van der Waals surface area contributed by atoms with E-state index < -0.39 is 0 Å². The van der Waals surface area contributed by atoms with Crippen molar-refractivity contribution in [3.05, 3.63) is 42.6 Å². The average molecular weight is 396 g/mol. The predicted molar refractivity (Wildman–Crippen MR) is 109 cm³/mol. The zero-order chi connectivity index (χ0) is 20.2. The minimum atomic E-state index is -0.316. The van der Waals surface area contributed by atoms with Crippen LogP contribution in [0.15, 0.2) is 36.9 Å². The molecule has 29 heavy (non-hydrogen) atoms. The van der Waals surface area contributed by atoms with Crippen molar-refractivity contribution in [3.8, 4) is 11.1 Å². The van der Waals surface area contributed by atoms with Crippen molar-refractivity contribution in [1.82, 2.24) is 29.5 Å². The van der Waals surface area contributed by atoms with Crippen LogP contribution in [0.5, 0.6) is 0 Å². The smallest absolute Gasteiger partial charge is 0.152 e. The second-order valence-electron chi connectivity index (χ2n) is 7.52. The van der Waals surface area contributed by atoms with E-state index >= 15 is 0 Å². The summed E-state index contributed by atoms with van der Waals surface area (Å²) in [6, 6.07) is 4.00. The number of aryl methyl sites for hydroxylation is 1. The standard InChI is InChI=1S/C21H25FN6O/c1-26-14-18(12-25-26)17-8-16-9-19(23-13-21(16)24-11-17)10-20(29)15-28-6-4-27(3-2-22)5-7-28/h8-9,11-14H,2-7,10,15H2,1H3. The van der Waals surface area contributed by atoms with Crippen molar-refractivity contribution in [2.75, 3.05) is 45.9 Å². The Labute approximate surface area is 169 Å². The normalized spacial score (nSPS) is 15.8. The highest BCUT2D eigenvalue weighted by atomic mass is 19.1. The highest BCUT2D eigenvalue weighted by molar-refractivity contribution is 5.86. The van der Waals surface area contributed by atoms with Crippen molar-refractivity contribution < 1.29 is 9.18 Å². The first kappa shape index (κ1) is 19.6. The topological polar surface area (TPSA) is 67.2 Å². The van der Waals surface area contributed by atoms with Gasteiger partial charge in [-0.1, -0.05) is 0 Å². The van der Waals surface area contributed by atoms with Gasteiger partial charge in [-0.05, 0) is 12.1 Å². The number of fused-ring (bicyclic) bond motifs is 1. The monoisotopic (exact) mass is 396 g/mol. The number of hydrogen-bond donors (Lipinski definition) is 0. The average Bonchev–Trinajstić information content (AvgIpc) is 3.15. The van der Waals surface area contributed by atoms with Crippen molar-refractivity contribution in [2.24, 2.45) is 7.05 Å². The Morgan fingerprint density at radius 2 is 1.83 bits per heavy atom. The van der Waals surface area contributed by atoms with E-state index in [2.05, 4.69) is 30.9 Å². The minimum Gasteiger partial charge on any atom is -0.298 e. The number of alkyl halides is 1. The number of halogens is 1. The number of carbonyl (C=O) groups excluding carboxylic acids is 1. The minimum absolute atomic E-state index is 0.146. The largest absolute Gasteiger partial charge is 0.298 e. The Morgan fingerprint density at radius 1 is 1.03 bits per heavy atom. The SMILES string of the molecule is Cn1cc(-c2cnc3cnc(CC(=O)CN4CCN(CCF)CC4)cc3c2)cn1. The van der Waals surface area contributed by atoms with Gasteiger partial charge in [0.05, 0.1) is 30.9 Å². The summed E-state index contributed by atoms with van der Waals surface area (Å²) in [5.41, 5.74) is 3.55. The fraction of sp³-hybridized carbons (Fsp3) is 0.429. The van der Waals surface area contributed by atoms with E-state index in [1.54, 1.807) is 10.9 Å². The van der Waals surface area contributed by atoms with Crippen molar-refractivity contribution in [1.29, 1.82) is 0 Å².